The van der Waals surface area contributed by atoms with Gasteiger partial charge in [-0.15, -0.1) is 0 Å². The summed E-state index contributed by atoms with van der Waals surface area (Å²) in [4.78, 5) is 4.31. The molecule has 0 spiro atoms. The molecule has 0 bridgehead atoms. The van der Waals surface area contributed by atoms with Crippen LogP contribution in [0.2, 0.25) is 0 Å². The lowest BCUT2D eigenvalue weighted by atomic mass is 10.2. The fourth-order valence-corrected chi connectivity index (χ4v) is 2.55. The minimum atomic E-state index is 0.0618. The van der Waals surface area contributed by atoms with Gasteiger partial charge in [0, 0.05) is 12.8 Å². The van der Waals surface area contributed by atoms with Crippen molar-refractivity contribution in [1.82, 2.24) is 14.8 Å². The highest BCUT2D eigenvalue weighted by molar-refractivity contribution is 9.10. The van der Waals surface area contributed by atoms with Crippen molar-refractivity contribution in [2.24, 2.45) is 0 Å². The van der Waals surface area contributed by atoms with Gasteiger partial charge in [0.05, 0.1) is 5.52 Å². The Bertz CT molecular complexity index is 505. The molecule has 1 unspecified atom stereocenters. The molecule has 0 aliphatic carbocycles. The van der Waals surface area contributed by atoms with E-state index in [-0.39, 0.29) is 6.23 Å². The van der Waals surface area contributed by atoms with Gasteiger partial charge in [-0.25, -0.2) is 4.68 Å². The SMILES string of the molecule is Brc1nn(C2CCCCO2)c2cccnc12. The first-order chi connectivity index (χ1) is 7.86. The van der Waals surface area contributed by atoms with E-state index in [1.807, 2.05) is 16.8 Å². The van der Waals surface area contributed by atoms with Crippen molar-refractivity contribution < 1.29 is 4.74 Å². The molecule has 4 nitrogen and oxygen atoms in total. The fourth-order valence-electron chi connectivity index (χ4n) is 2.07. The maximum absolute atomic E-state index is 5.74. The monoisotopic (exact) mass is 281 g/mol. The van der Waals surface area contributed by atoms with Crippen molar-refractivity contribution in [2.45, 2.75) is 25.5 Å². The summed E-state index contributed by atoms with van der Waals surface area (Å²) in [5.41, 5.74) is 1.93. The lowest BCUT2D eigenvalue weighted by Gasteiger charge is -2.23. The highest BCUT2D eigenvalue weighted by Crippen LogP contribution is 2.28. The Morgan fingerprint density at radius 3 is 3.19 bits per heavy atom. The summed E-state index contributed by atoms with van der Waals surface area (Å²) < 4.78 is 8.46. The van der Waals surface area contributed by atoms with Crippen LogP contribution in [0.25, 0.3) is 11.0 Å². The van der Waals surface area contributed by atoms with E-state index in [0.717, 1.165) is 35.1 Å². The fraction of sp³-hybridized carbons (Fsp3) is 0.455. The molecule has 1 atom stereocenters. The van der Waals surface area contributed by atoms with Crippen LogP contribution in [0, 0.1) is 0 Å². The number of hydrogen-bond donors (Lipinski definition) is 0. The zero-order valence-electron chi connectivity index (χ0n) is 8.77. The molecule has 16 heavy (non-hydrogen) atoms. The second kappa shape index (κ2) is 4.14. The number of fused-ring (bicyclic) bond motifs is 1. The predicted molar refractivity (Wildman–Crippen MR) is 64.1 cm³/mol. The van der Waals surface area contributed by atoms with Crippen LogP contribution in [-0.4, -0.2) is 21.4 Å². The van der Waals surface area contributed by atoms with Crippen LogP contribution in [0.15, 0.2) is 22.9 Å². The van der Waals surface area contributed by atoms with Gasteiger partial charge < -0.3 is 4.74 Å². The van der Waals surface area contributed by atoms with Gasteiger partial charge in [-0.3, -0.25) is 4.98 Å². The van der Waals surface area contributed by atoms with E-state index in [4.69, 9.17) is 4.74 Å². The Labute approximate surface area is 102 Å². The molecule has 0 N–H and O–H groups in total. The normalized spacial score (nSPS) is 21.4. The maximum Gasteiger partial charge on any atom is 0.154 e. The van der Waals surface area contributed by atoms with E-state index in [0.29, 0.717) is 0 Å². The van der Waals surface area contributed by atoms with E-state index >= 15 is 0 Å². The molecule has 3 heterocycles. The largest absolute Gasteiger partial charge is 0.356 e. The van der Waals surface area contributed by atoms with E-state index in [1.54, 1.807) is 6.20 Å². The van der Waals surface area contributed by atoms with Gasteiger partial charge >= 0.3 is 0 Å². The maximum atomic E-state index is 5.74. The molecular formula is C11H12BrN3O. The van der Waals surface area contributed by atoms with Crippen LogP contribution >= 0.6 is 15.9 Å². The van der Waals surface area contributed by atoms with Crippen LogP contribution in [0.5, 0.6) is 0 Å². The molecule has 1 aliphatic heterocycles. The van der Waals surface area contributed by atoms with Gasteiger partial charge in [0.1, 0.15) is 5.52 Å². The van der Waals surface area contributed by atoms with Crippen LogP contribution < -0.4 is 0 Å². The first-order valence-corrected chi connectivity index (χ1v) is 6.26. The third kappa shape index (κ3) is 1.64. The molecule has 5 heteroatoms. The van der Waals surface area contributed by atoms with Crippen molar-refractivity contribution >= 4 is 27.0 Å². The summed E-state index contributed by atoms with van der Waals surface area (Å²) in [5, 5.41) is 4.46. The van der Waals surface area contributed by atoms with Crippen LogP contribution in [0.3, 0.4) is 0 Å². The van der Waals surface area contributed by atoms with E-state index in [9.17, 15) is 0 Å². The molecule has 1 aliphatic rings. The average molecular weight is 282 g/mol. The molecule has 1 saturated heterocycles. The predicted octanol–water partition coefficient (Wildman–Crippen LogP) is 2.89. The molecule has 2 aromatic heterocycles. The van der Waals surface area contributed by atoms with E-state index < -0.39 is 0 Å². The zero-order chi connectivity index (χ0) is 11.0. The van der Waals surface area contributed by atoms with Gasteiger partial charge in [0.25, 0.3) is 0 Å². The summed E-state index contributed by atoms with van der Waals surface area (Å²) in [6.07, 6.45) is 5.21. The number of rotatable bonds is 1. The smallest absolute Gasteiger partial charge is 0.154 e. The zero-order valence-corrected chi connectivity index (χ0v) is 10.4. The topological polar surface area (TPSA) is 39.9 Å². The van der Waals surface area contributed by atoms with Crippen LogP contribution in [0.4, 0.5) is 0 Å². The molecule has 0 amide bonds. The van der Waals surface area contributed by atoms with E-state index in [2.05, 4.69) is 26.0 Å². The summed E-state index contributed by atoms with van der Waals surface area (Å²) >= 11 is 3.43. The third-order valence-electron chi connectivity index (χ3n) is 2.85. The minimum absolute atomic E-state index is 0.0618. The Balaban J connectivity index is 2.08. The second-order valence-electron chi connectivity index (χ2n) is 3.93. The second-order valence-corrected chi connectivity index (χ2v) is 4.68. The van der Waals surface area contributed by atoms with Gasteiger partial charge in [-0.1, -0.05) is 0 Å². The standard InChI is InChI=1S/C11H12BrN3O/c12-11-10-8(4-3-6-13-10)15(14-11)9-5-1-2-7-16-9/h3-4,6,9H,1-2,5,7H2. The number of pyridine rings is 1. The summed E-state index contributed by atoms with van der Waals surface area (Å²) in [6, 6.07) is 3.95. The van der Waals surface area contributed by atoms with Crippen molar-refractivity contribution in [3.8, 4) is 0 Å². The molecule has 1 fully saturated rings. The van der Waals surface area contributed by atoms with Gasteiger partial charge in [0.2, 0.25) is 0 Å². The highest BCUT2D eigenvalue weighted by atomic mass is 79.9. The van der Waals surface area contributed by atoms with Crippen molar-refractivity contribution in [3.63, 3.8) is 0 Å². The molecule has 84 valence electrons. The number of halogens is 1. The molecule has 0 aromatic carbocycles. The Morgan fingerprint density at radius 1 is 1.44 bits per heavy atom. The Morgan fingerprint density at radius 2 is 2.38 bits per heavy atom. The van der Waals surface area contributed by atoms with Crippen LogP contribution in [-0.2, 0) is 4.74 Å². The van der Waals surface area contributed by atoms with Crippen molar-refractivity contribution in [3.05, 3.63) is 22.9 Å². The number of ether oxygens (including phenoxy) is 1. The van der Waals surface area contributed by atoms with Crippen LogP contribution in [0.1, 0.15) is 25.5 Å². The number of aromatic nitrogens is 3. The van der Waals surface area contributed by atoms with E-state index in [1.165, 1.54) is 6.42 Å². The Hall–Kier alpha value is -0.940. The van der Waals surface area contributed by atoms with Crippen molar-refractivity contribution in [1.29, 1.82) is 0 Å². The molecule has 3 rings (SSSR count). The average Bonchev–Trinajstić information content (AvgIpc) is 2.69. The number of nitrogens with zero attached hydrogens (tertiary/aromatic N) is 3. The summed E-state index contributed by atoms with van der Waals surface area (Å²) in [6.45, 7) is 0.823. The first kappa shape index (κ1) is 10.2. The summed E-state index contributed by atoms with van der Waals surface area (Å²) in [7, 11) is 0. The van der Waals surface area contributed by atoms with Crippen molar-refractivity contribution in [2.75, 3.05) is 6.61 Å². The minimum Gasteiger partial charge on any atom is -0.356 e. The summed E-state index contributed by atoms with van der Waals surface area (Å²) in [5.74, 6) is 0. The van der Waals surface area contributed by atoms with Gasteiger partial charge in [0.15, 0.2) is 10.8 Å². The number of hydrogen-bond acceptors (Lipinski definition) is 3. The third-order valence-corrected chi connectivity index (χ3v) is 3.39. The lowest BCUT2D eigenvalue weighted by molar-refractivity contribution is -0.0368. The first-order valence-electron chi connectivity index (χ1n) is 5.46. The lowest BCUT2D eigenvalue weighted by Crippen LogP contribution is -2.19. The molecule has 0 radical (unpaired) electrons. The van der Waals surface area contributed by atoms with Gasteiger partial charge in [-0.05, 0) is 47.3 Å². The Kier molecular flexibility index (Phi) is 2.65. The van der Waals surface area contributed by atoms with Gasteiger partial charge in [-0.2, -0.15) is 5.10 Å². The highest BCUT2D eigenvalue weighted by Gasteiger charge is 2.20. The molecule has 0 saturated carbocycles. The quantitative estimate of drug-likeness (QED) is 0.807. The molecular weight excluding hydrogens is 270 g/mol. The molecule has 2 aromatic rings.